The standard InChI is InChI=1S/C30H40F4O3S.C28H38F4O3S.C23H34F4O2/c1-21-3-7-23(8-4-21)25-11-14-26(15-12-25,16-13-25)27-17-19-28(20-18-27,30(33,34)29(27,31)32)37-38(35,36)24-9-5-22(2)6-10-24;1-19-3-7-21(8-4-19)22-9-11-23(12-10-22)25-15-17-26(18-16-25,28(31,32)27(25,29)30)35-36(33,34)24-13-5-20(2)6-14-24;1-15-3-5-17(6-4-15)18-7-9-19(10-8-18)20-11-13-21(14-12-20,29-16(2)28)23(26,27)22(20,24)25/h5-6,9-10,21,23H,3-4,7-8,11-20H2,1-2H3;5-6,13-14,19,21-23H,3-4,7-12,15-18H2,1-2H3;15,17-19H,3-14H2,1-2H3. The van der Waals surface area contributed by atoms with Gasteiger partial charge in [-0.3, -0.25) is 13.2 Å². The van der Waals surface area contributed by atoms with Crippen LogP contribution in [0.2, 0.25) is 0 Å². The van der Waals surface area contributed by atoms with Crippen molar-refractivity contribution in [2.24, 2.45) is 86.3 Å². The second kappa shape index (κ2) is 27.1. The summed E-state index contributed by atoms with van der Waals surface area (Å²) in [7, 11) is -9.26. The zero-order valence-electron chi connectivity index (χ0n) is 61.4. The number of ether oxygens (including phenoxy) is 1. The zero-order chi connectivity index (χ0) is 74.3. The SMILES string of the molecule is CC(=O)OC12CCC(C3CCC(C4CCC(C)CC4)CC3)(CC1)C(F)(F)C2(F)F.Cc1ccc(S(=O)(=O)OC23CCC(C45CCC(C6CCC(C)CC6)(CC4)CC5)(CC2)C(F)(F)C3(F)F)cc1.Cc1ccc(S(=O)(=O)OC23CCC(C4CCC(C5CCC(C)CC5)CC4)(CC2)C(F)(F)C3(F)F)cc1. The summed E-state index contributed by atoms with van der Waals surface area (Å²) in [5.41, 5.74) is -12.1. The molecule has 103 heavy (non-hydrogen) atoms. The molecule has 8 bridgehead atoms. The van der Waals surface area contributed by atoms with E-state index in [1.54, 1.807) is 13.8 Å². The lowest BCUT2D eigenvalue weighted by atomic mass is 9.37. The molecule has 0 aromatic heterocycles. The molecule has 2 aromatic rings. The Morgan fingerprint density at radius 2 is 0.621 bits per heavy atom. The van der Waals surface area contributed by atoms with Gasteiger partial charge in [0.15, 0.2) is 16.8 Å². The predicted molar refractivity (Wildman–Crippen MR) is 368 cm³/mol. The highest BCUT2D eigenvalue weighted by Crippen LogP contribution is 2.80. The van der Waals surface area contributed by atoms with Gasteiger partial charge in [0.1, 0.15) is 0 Å². The van der Waals surface area contributed by atoms with Gasteiger partial charge >= 0.3 is 41.5 Å². The number of benzene rings is 2. The van der Waals surface area contributed by atoms with E-state index in [4.69, 9.17) is 13.1 Å². The first-order valence-electron chi connectivity index (χ1n) is 39.6. The molecule has 0 saturated heterocycles. The topological polar surface area (TPSA) is 113 Å². The van der Waals surface area contributed by atoms with Crippen LogP contribution in [0.1, 0.15) is 283 Å². The summed E-state index contributed by atoms with van der Waals surface area (Å²) in [6, 6.07) is 11.2. The molecule has 17 fully saturated rings. The van der Waals surface area contributed by atoms with Gasteiger partial charge in [-0.2, -0.15) is 69.5 Å². The smallest absolute Gasteiger partial charge is 0.349 e. The first kappa shape index (κ1) is 78.0. The third-order valence-corrected chi connectivity index (χ3v) is 34.6. The molecule has 0 amide bonds. The minimum absolute atomic E-state index is 0.0269. The number of hydrogen-bond donors (Lipinski definition) is 0. The number of fused-ring (bicyclic) bond motifs is 12. The summed E-state index contributed by atoms with van der Waals surface area (Å²) in [5, 5.41) is 0. The zero-order valence-corrected chi connectivity index (χ0v) is 63.0. The average Bonchev–Trinajstić information content (AvgIpc) is 0.675. The fourth-order valence-electron chi connectivity index (χ4n) is 25.0. The molecular formula is C81H112F12O8S2. The molecular weight excluding hydrogens is 1390 g/mol. The molecule has 22 heteroatoms. The summed E-state index contributed by atoms with van der Waals surface area (Å²) in [4.78, 5) is 10.8. The van der Waals surface area contributed by atoms with Crippen LogP contribution in [-0.2, 0) is 38.1 Å². The van der Waals surface area contributed by atoms with Crippen LogP contribution in [0, 0.1) is 100 Å². The minimum atomic E-state index is -4.64. The maximum absolute atomic E-state index is 16.3. The van der Waals surface area contributed by atoms with Crippen molar-refractivity contribution in [3.8, 4) is 0 Å². The molecule has 0 aliphatic heterocycles. The van der Waals surface area contributed by atoms with Gasteiger partial charge in [-0.05, 0) is 314 Å². The molecule has 0 N–H and O–H groups in total. The number of halogens is 12. The highest BCUT2D eigenvalue weighted by Gasteiger charge is 2.88. The molecule has 17 aliphatic carbocycles. The van der Waals surface area contributed by atoms with Gasteiger partial charge in [0.05, 0.1) is 9.79 Å². The molecule has 2 aromatic carbocycles. The van der Waals surface area contributed by atoms with E-state index in [9.17, 15) is 21.6 Å². The van der Waals surface area contributed by atoms with E-state index in [2.05, 4.69) is 20.8 Å². The van der Waals surface area contributed by atoms with E-state index in [0.29, 0.717) is 74.5 Å². The third-order valence-electron chi connectivity index (χ3n) is 31.8. The van der Waals surface area contributed by atoms with Gasteiger partial charge in [0.2, 0.25) is 0 Å². The summed E-state index contributed by atoms with van der Waals surface area (Å²) >= 11 is 0. The number of rotatable bonds is 13. The Bertz CT molecular complexity index is 3550. The quantitative estimate of drug-likeness (QED) is 0.111. The fourth-order valence-corrected chi connectivity index (χ4v) is 27.5. The normalized spacial score (nSPS) is 43.2. The molecule has 0 atom stereocenters. The van der Waals surface area contributed by atoms with Crippen LogP contribution in [0.3, 0.4) is 0 Å². The maximum Gasteiger partial charge on any atom is 0.349 e. The molecule has 0 spiro atoms. The number of carbonyl (C=O) groups is 1. The number of esters is 1. The lowest BCUT2D eigenvalue weighted by molar-refractivity contribution is -0.403. The van der Waals surface area contributed by atoms with E-state index >= 15 is 52.7 Å². The molecule has 580 valence electrons. The van der Waals surface area contributed by atoms with Crippen LogP contribution in [0.4, 0.5) is 52.7 Å². The van der Waals surface area contributed by atoms with Crippen LogP contribution in [0.5, 0.6) is 0 Å². The van der Waals surface area contributed by atoms with Crippen molar-refractivity contribution in [2.45, 2.75) is 348 Å². The highest BCUT2D eigenvalue weighted by atomic mass is 32.2. The number of alkyl halides is 12. The minimum Gasteiger partial charge on any atom is -0.453 e. The number of aryl methyl sites for hydroxylation is 2. The average molecular weight is 1510 g/mol. The van der Waals surface area contributed by atoms with Crippen molar-refractivity contribution in [2.75, 3.05) is 0 Å². The van der Waals surface area contributed by atoms with E-state index in [-0.39, 0.29) is 98.2 Å². The molecule has 19 rings (SSSR count). The molecule has 17 saturated carbocycles. The second-order valence-corrected chi connectivity index (χ2v) is 39.6. The first-order valence-corrected chi connectivity index (χ1v) is 42.4. The van der Waals surface area contributed by atoms with Gasteiger partial charge in [-0.15, -0.1) is 0 Å². The van der Waals surface area contributed by atoms with Gasteiger partial charge in [0, 0.05) is 23.2 Å². The molecule has 0 heterocycles. The highest BCUT2D eigenvalue weighted by molar-refractivity contribution is 7.87. The number of hydrogen-bond acceptors (Lipinski definition) is 8. The van der Waals surface area contributed by atoms with Crippen LogP contribution in [-0.4, -0.2) is 75.1 Å². The van der Waals surface area contributed by atoms with Crippen LogP contribution >= 0.6 is 0 Å². The lowest BCUT2D eigenvalue weighted by Gasteiger charge is -2.70. The van der Waals surface area contributed by atoms with Crippen molar-refractivity contribution >= 4 is 26.2 Å². The molecule has 17 aliphatic rings. The van der Waals surface area contributed by atoms with E-state index in [0.717, 1.165) is 80.8 Å². The van der Waals surface area contributed by atoms with Crippen molar-refractivity contribution in [1.82, 2.24) is 0 Å². The summed E-state index contributed by atoms with van der Waals surface area (Å²) < 4.78 is 256. The fraction of sp³-hybridized carbons (Fsp3) is 0.840. The van der Waals surface area contributed by atoms with E-state index in [1.165, 1.54) is 126 Å². The van der Waals surface area contributed by atoms with Gasteiger partial charge < -0.3 is 4.74 Å². The number of carbonyl (C=O) groups excluding carboxylic acids is 1. The van der Waals surface area contributed by atoms with Crippen LogP contribution < -0.4 is 0 Å². The summed E-state index contributed by atoms with van der Waals surface area (Å²) in [5.74, 6) is -22.7. The Labute approximate surface area is 604 Å². The summed E-state index contributed by atoms with van der Waals surface area (Å²) in [6.07, 6.45) is 22.5. The van der Waals surface area contributed by atoms with Crippen LogP contribution in [0.25, 0.3) is 0 Å². The Hall–Kier alpha value is -3.11. The molecule has 8 nitrogen and oxygen atoms in total. The van der Waals surface area contributed by atoms with Gasteiger partial charge in [-0.25, -0.2) is 0 Å². The van der Waals surface area contributed by atoms with E-state index in [1.807, 2.05) is 0 Å². The second-order valence-electron chi connectivity index (χ2n) is 36.5. The predicted octanol–water partition coefficient (Wildman–Crippen LogP) is 23.1. The Kier molecular flexibility index (Phi) is 20.6. The Morgan fingerprint density at radius 1 is 0.340 bits per heavy atom. The van der Waals surface area contributed by atoms with Crippen LogP contribution in [0.15, 0.2) is 58.3 Å². The Balaban J connectivity index is 0.000000139. The van der Waals surface area contributed by atoms with Crippen molar-refractivity contribution < 1.29 is 87.4 Å². The third kappa shape index (κ3) is 12.3. The molecule has 0 unspecified atom stereocenters. The maximum atomic E-state index is 16.3. The van der Waals surface area contributed by atoms with Gasteiger partial charge in [-0.1, -0.05) is 94.7 Å². The monoisotopic (exact) mass is 1500 g/mol. The van der Waals surface area contributed by atoms with Crippen molar-refractivity contribution in [3.05, 3.63) is 59.7 Å². The molecule has 0 radical (unpaired) electrons. The first-order chi connectivity index (χ1) is 48.1. The summed E-state index contributed by atoms with van der Waals surface area (Å²) in [6.45, 7) is 11.4. The Morgan fingerprint density at radius 3 is 0.961 bits per heavy atom. The van der Waals surface area contributed by atoms with Gasteiger partial charge in [0.25, 0.3) is 20.2 Å². The van der Waals surface area contributed by atoms with Crippen molar-refractivity contribution in [1.29, 1.82) is 0 Å². The lowest BCUT2D eigenvalue weighted by Crippen LogP contribution is -2.77. The van der Waals surface area contributed by atoms with Crippen molar-refractivity contribution in [3.63, 3.8) is 0 Å². The largest absolute Gasteiger partial charge is 0.453 e. The van der Waals surface area contributed by atoms with E-state index < -0.39 is 106 Å².